The highest BCUT2D eigenvalue weighted by Gasteiger charge is 2.08. The standard InChI is InChI=1S/C8H15N3/c1-5(2)11-4-6(3)7(9)8(11)10/h4-5H,9-10H2,1-3H3. The van der Waals surface area contributed by atoms with Gasteiger partial charge in [0.25, 0.3) is 0 Å². The normalized spacial score (nSPS) is 10.9. The summed E-state index contributed by atoms with van der Waals surface area (Å²) in [6, 6.07) is 0.381. The van der Waals surface area contributed by atoms with Crippen LogP contribution in [0.5, 0.6) is 0 Å². The Morgan fingerprint density at radius 3 is 2.09 bits per heavy atom. The molecule has 0 unspecified atom stereocenters. The van der Waals surface area contributed by atoms with Crippen molar-refractivity contribution < 1.29 is 0 Å². The summed E-state index contributed by atoms with van der Waals surface area (Å²) in [4.78, 5) is 0. The lowest BCUT2D eigenvalue weighted by Crippen LogP contribution is -2.04. The van der Waals surface area contributed by atoms with Gasteiger partial charge in [-0.05, 0) is 26.3 Å². The summed E-state index contributed by atoms with van der Waals surface area (Å²) in [5, 5.41) is 0. The molecule has 0 saturated carbocycles. The van der Waals surface area contributed by atoms with E-state index in [9.17, 15) is 0 Å². The third-order valence-corrected chi connectivity index (χ3v) is 1.87. The number of nitrogens with two attached hydrogens (primary N) is 2. The van der Waals surface area contributed by atoms with Gasteiger partial charge in [-0.1, -0.05) is 0 Å². The average Bonchev–Trinajstić information content (AvgIpc) is 2.17. The Balaban J connectivity index is 3.19. The van der Waals surface area contributed by atoms with E-state index in [1.54, 1.807) is 0 Å². The molecule has 0 aliphatic rings. The van der Waals surface area contributed by atoms with Crippen molar-refractivity contribution in [2.24, 2.45) is 0 Å². The summed E-state index contributed by atoms with van der Waals surface area (Å²) in [5.41, 5.74) is 13.2. The second kappa shape index (κ2) is 2.49. The van der Waals surface area contributed by atoms with Gasteiger partial charge in [-0.25, -0.2) is 0 Å². The van der Waals surface area contributed by atoms with Crippen LogP contribution in [0.3, 0.4) is 0 Å². The molecule has 3 nitrogen and oxygen atoms in total. The van der Waals surface area contributed by atoms with Gasteiger partial charge in [0.2, 0.25) is 0 Å². The van der Waals surface area contributed by atoms with Crippen molar-refractivity contribution in [2.75, 3.05) is 11.5 Å². The van der Waals surface area contributed by atoms with Gasteiger partial charge in [0, 0.05) is 12.2 Å². The first-order chi connectivity index (χ1) is 5.04. The minimum Gasteiger partial charge on any atom is -0.396 e. The fourth-order valence-electron chi connectivity index (χ4n) is 1.12. The molecular weight excluding hydrogens is 138 g/mol. The number of nitrogen functional groups attached to an aromatic ring is 2. The van der Waals surface area contributed by atoms with Crippen molar-refractivity contribution in [1.82, 2.24) is 4.57 Å². The summed E-state index contributed by atoms with van der Waals surface area (Å²) < 4.78 is 1.98. The molecule has 1 heterocycles. The Labute approximate surface area is 67.0 Å². The molecule has 0 radical (unpaired) electrons. The summed E-state index contributed by atoms with van der Waals surface area (Å²) in [6.07, 6.45) is 1.98. The van der Waals surface area contributed by atoms with Crippen LogP contribution in [-0.2, 0) is 0 Å². The molecule has 0 amide bonds. The smallest absolute Gasteiger partial charge is 0.127 e. The minimum atomic E-state index is 0.381. The van der Waals surface area contributed by atoms with Gasteiger partial charge in [-0.3, -0.25) is 0 Å². The summed E-state index contributed by atoms with van der Waals surface area (Å²) in [6.45, 7) is 6.12. The summed E-state index contributed by atoms with van der Waals surface area (Å²) in [5.74, 6) is 0.678. The molecule has 1 aromatic rings. The van der Waals surface area contributed by atoms with Crippen molar-refractivity contribution in [1.29, 1.82) is 0 Å². The molecule has 11 heavy (non-hydrogen) atoms. The lowest BCUT2D eigenvalue weighted by molar-refractivity contribution is 0.611. The van der Waals surface area contributed by atoms with E-state index in [2.05, 4.69) is 13.8 Å². The van der Waals surface area contributed by atoms with E-state index >= 15 is 0 Å². The topological polar surface area (TPSA) is 57.0 Å². The van der Waals surface area contributed by atoms with E-state index in [0.717, 1.165) is 5.56 Å². The maximum absolute atomic E-state index is 5.74. The Morgan fingerprint density at radius 2 is 1.91 bits per heavy atom. The molecule has 0 fully saturated rings. The molecule has 0 bridgehead atoms. The van der Waals surface area contributed by atoms with E-state index in [4.69, 9.17) is 11.5 Å². The van der Waals surface area contributed by atoms with Crippen molar-refractivity contribution >= 4 is 11.5 Å². The highest BCUT2D eigenvalue weighted by atomic mass is 15.1. The zero-order valence-electron chi connectivity index (χ0n) is 7.26. The van der Waals surface area contributed by atoms with Gasteiger partial charge < -0.3 is 16.0 Å². The highest BCUT2D eigenvalue weighted by Crippen LogP contribution is 2.24. The van der Waals surface area contributed by atoms with Gasteiger partial charge in [0.05, 0.1) is 5.69 Å². The lowest BCUT2D eigenvalue weighted by atomic mass is 10.3. The molecule has 1 rings (SSSR count). The number of aryl methyl sites for hydroxylation is 1. The molecule has 0 spiro atoms. The first-order valence-corrected chi connectivity index (χ1v) is 3.76. The number of anilines is 2. The molecule has 62 valence electrons. The first kappa shape index (κ1) is 7.98. The zero-order chi connectivity index (χ0) is 8.59. The highest BCUT2D eigenvalue weighted by molar-refractivity contribution is 5.64. The van der Waals surface area contributed by atoms with Gasteiger partial charge in [0.1, 0.15) is 5.82 Å². The number of hydrogen-bond donors (Lipinski definition) is 2. The molecule has 0 aliphatic heterocycles. The Hall–Kier alpha value is -1.12. The van der Waals surface area contributed by atoms with E-state index in [-0.39, 0.29) is 0 Å². The van der Waals surface area contributed by atoms with Crippen LogP contribution in [0, 0.1) is 6.92 Å². The van der Waals surface area contributed by atoms with Crippen molar-refractivity contribution in [3.05, 3.63) is 11.8 Å². The van der Waals surface area contributed by atoms with E-state index in [1.165, 1.54) is 0 Å². The molecule has 4 N–H and O–H groups in total. The average molecular weight is 153 g/mol. The predicted octanol–water partition coefficient (Wildman–Crippen LogP) is 1.54. The van der Waals surface area contributed by atoms with Crippen LogP contribution in [0.2, 0.25) is 0 Å². The molecule has 0 aliphatic carbocycles. The van der Waals surface area contributed by atoms with Crippen LogP contribution < -0.4 is 11.5 Å². The third-order valence-electron chi connectivity index (χ3n) is 1.87. The number of nitrogens with zero attached hydrogens (tertiary/aromatic N) is 1. The maximum atomic E-state index is 5.74. The van der Waals surface area contributed by atoms with Crippen molar-refractivity contribution in [2.45, 2.75) is 26.8 Å². The zero-order valence-corrected chi connectivity index (χ0v) is 7.26. The molecule has 1 aromatic heterocycles. The Bertz CT molecular complexity index is 261. The molecule has 0 aromatic carbocycles. The number of hydrogen-bond acceptors (Lipinski definition) is 2. The van der Waals surface area contributed by atoms with Crippen molar-refractivity contribution in [3.63, 3.8) is 0 Å². The fraction of sp³-hybridized carbons (Fsp3) is 0.500. The molecule has 0 atom stereocenters. The van der Waals surface area contributed by atoms with Crippen LogP contribution in [-0.4, -0.2) is 4.57 Å². The van der Waals surface area contributed by atoms with Crippen LogP contribution in [0.15, 0.2) is 6.20 Å². The Morgan fingerprint density at radius 1 is 1.36 bits per heavy atom. The maximum Gasteiger partial charge on any atom is 0.127 e. The number of aromatic nitrogens is 1. The SMILES string of the molecule is Cc1cn(C(C)C)c(N)c1N. The first-order valence-electron chi connectivity index (χ1n) is 3.76. The largest absolute Gasteiger partial charge is 0.396 e. The monoisotopic (exact) mass is 153 g/mol. The van der Waals surface area contributed by atoms with Gasteiger partial charge in [-0.15, -0.1) is 0 Å². The van der Waals surface area contributed by atoms with Crippen LogP contribution >= 0.6 is 0 Å². The van der Waals surface area contributed by atoms with Gasteiger partial charge in [-0.2, -0.15) is 0 Å². The van der Waals surface area contributed by atoms with Crippen LogP contribution in [0.25, 0.3) is 0 Å². The summed E-state index contributed by atoms with van der Waals surface area (Å²) >= 11 is 0. The quantitative estimate of drug-likeness (QED) is 0.643. The molecule has 0 saturated heterocycles. The molecule has 3 heteroatoms. The Kier molecular flexibility index (Phi) is 1.81. The van der Waals surface area contributed by atoms with Crippen molar-refractivity contribution in [3.8, 4) is 0 Å². The lowest BCUT2D eigenvalue weighted by Gasteiger charge is -2.08. The van der Waals surface area contributed by atoms with E-state index in [1.807, 2.05) is 17.7 Å². The second-order valence-corrected chi connectivity index (χ2v) is 3.11. The van der Waals surface area contributed by atoms with Gasteiger partial charge >= 0.3 is 0 Å². The number of rotatable bonds is 1. The molecular formula is C8H15N3. The third kappa shape index (κ3) is 1.18. The minimum absolute atomic E-state index is 0.381. The van der Waals surface area contributed by atoms with Crippen LogP contribution in [0.4, 0.5) is 11.5 Å². The van der Waals surface area contributed by atoms with E-state index < -0.39 is 0 Å². The summed E-state index contributed by atoms with van der Waals surface area (Å²) in [7, 11) is 0. The van der Waals surface area contributed by atoms with Gasteiger partial charge in [0.15, 0.2) is 0 Å². The van der Waals surface area contributed by atoms with Crippen LogP contribution in [0.1, 0.15) is 25.5 Å². The predicted molar refractivity (Wildman–Crippen MR) is 48.4 cm³/mol. The van der Waals surface area contributed by atoms with E-state index in [0.29, 0.717) is 17.5 Å². The fourth-order valence-corrected chi connectivity index (χ4v) is 1.12. The second-order valence-electron chi connectivity index (χ2n) is 3.11.